The molecule has 0 saturated heterocycles. The third kappa shape index (κ3) is 4.28. The van der Waals surface area contributed by atoms with Crippen LogP contribution in [-0.2, 0) is 10.0 Å². The lowest BCUT2D eigenvalue weighted by molar-refractivity contribution is 0.102. The summed E-state index contributed by atoms with van der Waals surface area (Å²) in [5.74, 6) is -0.918. The highest BCUT2D eigenvalue weighted by atomic mass is 32.2. The van der Waals surface area contributed by atoms with Gasteiger partial charge in [0.25, 0.3) is 15.9 Å². The minimum absolute atomic E-state index is 0.0813. The van der Waals surface area contributed by atoms with Gasteiger partial charge in [0.1, 0.15) is 5.82 Å². The van der Waals surface area contributed by atoms with Crippen molar-refractivity contribution in [3.05, 3.63) is 96.4 Å². The van der Waals surface area contributed by atoms with Gasteiger partial charge in [0, 0.05) is 28.5 Å². The third-order valence-electron chi connectivity index (χ3n) is 4.36. The maximum atomic E-state index is 13.0. The predicted molar refractivity (Wildman–Crippen MR) is 113 cm³/mol. The van der Waals surface area contributed by atoms with Crippen LogP contribution < -0.4 is 10.0 Å². The van der Waals surface area contributed by atoms with Crippen LogP contribution >= 0.6 is 0 Å². The van der Waals surface area contributed by atoms with E-state index in [-0.39, 0.29) is 16.1 Å². The summed E-state index contributed by atoms with van der Waals surface area (Å²) in [6.07, 6.45) is 1.69. The first-order valence-electron chi connectivity index (χ1n) is 8.95. The van der Waals surface area contributed by atoms with Crippen molar-refractivity contribution in [2.24, 2.45) is 0 Å². The molecule has 1 amide bonds. The fourth-order valence-electron chi connectivity index (χ4n) is 2.89. The maximum absolute atomic E-state index is 13.0. The molecule has 2 N–H and O–H groups in total. The van der Waals surface area contributed by atoms with Gasteiger partial charge in [-0.25, -0.2) is 12.8 Å². The molecule has 0 spiro atoms. The van der Waals surface area contributed by atoms with E-state index >= 15 is 0 Å². The number of benzene rings is 3. The number of halogens is 1. The number of sulfonamides is 1. The largest absolute Gasteiger partial charge is 0.322 e. The number of hydrogen-bond acceptors (Lipinski definition) is 4. The first kappa shape index (κ1) is 19.5. The van der Waals surface area contributed by atoms with Crippen LogP contribution in [0.4, 0.5) is 15.8 Å². The molecule has 1 heterocycles. The average molecular weight is 421 g/mol. The Labute approximate surface area is 172 Å². The standard InChI is InChI=1S/C22H16FN3O3S/c23-17-6-8-18(9-7-17)26-30(28,29)20-5-1-3-16(14-20)22(27)25-19-10-11-21-15(13-19)4-2-12-24-21/h1-14,26H,(H,25,27). The first-order valence-corrected chi connectivity index (χ1v) is 10.4. The minimum atomic E-state index is -3.94. The Hall–Kier alpha value is -3.78. The van der Waals surface area contributed by atoms with E-state index in [2.05, 4.69) is 15.0 Å². The molecule has 1 aromatic heterocycles. The van der Waals surface area contributed by atoms with Gasteiger partial charge in [0.15, 0.2) is 0 Å². The SMILES string of the molecule is O=C(Nc1ccc2ncccc2c1)c1cccc(S(=O)(=O)Nc2ccc(F)cc2)c1. The second-order valence-electron chi connectivity index (χ2n) is 6.51. The lowest BCUT2D eigenvalue weighted by atomic mass is 10.1. The minimum Gasteiger partial charge on any atom is -0.322 e. The Morgan fingerprint density at radius 1 is 0.867 bits per heavy atom. The molecule has 30 heavy (non-hydrogen) atoms. The molecule has 0 unspecified atom stereocenters. The zero-order chi connectivity index (χ0) is 21.1. The molecule has 6 nitrogen and oxygen atoms in total. The van der Waals surface area contributed by atoms with Crippen molar-refractivity contribution in [1.29, 1.82) is 0 Å². The molecular formula is C22H16FN3O3S. The van der Waals surface area contributed by atoms with E-state index in [0.717, 1.165) is 23.0 Å². The van der Waals surface area contributed by atoms with Crippen LogP contribution in [0.2, 0.25) is 0 Å². The van der Waals surface area contributed by atoms with Crippen molar-refractivity contribution < 1.29 is 17.6 Å². The summed E-state index contributed by atoms with van der Waals surface area (Å²) in [7, 11) is -3.94. The van der Waals surface area contributed by atoms with Gasteiger partial charge >= 0.3 is 0 Å². The van der Waals surface area contributed by atoms with Crippen LogP contribution in [0.25, 0.3) is 10.9 Å². The Kier molecular flexibility index (Phi) is 5.16. The zero-order valence-electron chi connectivity index (χ0n) is 15.5. The lowest BCUT2D eigenvalue weighted by Crippen LogP contribution is -2.16. The molecule has 8 heteroatoms. The van der Waals surface area contributed by atoms with Crippen LogP contribution in [0, 0.1) is 5.82 Å². The second kappa shape index (κ2) is 7.92. The number of pyridine rings is 1. The maximum Gasteiger partial charge on any atom is 0.261 e. The predicted octanol–water partition coefficient (Wildman–Crippen LogP) is 4.43. The number of carbonyl (C=O) groups is 1. The monoisotopic (exact) mass is 421 g/mol. The summed E-state index contributed by atoms with van der Waals surface area (Å²) in [4.78, 5) is 16.8. The van der Waals surface area contributed by atoms with Gasteiger partial charge in [-0.15, -0.1) is 0 Å². The molecule has 0 aliphatic rings. The lowest BCUT2D eigenvalue weighted by Gasteiger charge is -2.10. The highest BCUT2D eigenvalue weighted by Crippen LogP contribution is 2.20. The molecular weight excluding hydrogens is 405 g/mol. The molecule has 0 aliphatic carbocycles. The quantitative estimate of drug-likeness (QED) is 0.499. The van der Waals surface area contributed by atoms with E-state index in [1.165, 1.54) is 36.4 Å². The van der Waals surface area contributed by atoms with Gasteiger partial charge in [-0.2, -0.15) is 0 Å². The van der Waals surface area contributed by atoms with Crippen molar-refractivity contribution in [1.82, 2.24) is 4.98 Å². The number of hydrogen-bond donors (Lipinski definition) is 2. The fourth-order valence-corrected chi connectivity index (χ4v) is 4.00. The van der Waals surface area contributed by atoms with Crippen molar-refractivity contribution >= 4 is 38.2 Å². The van der Waals surface area contributed by atoms with E-state index in [9.17, 15) is 17.6 Å². The normalized spacial score (nSPS) is 11.2. The third-order valence-corrected chi connectivity index (χ3v) is 5.74. The Bertz CT molecular complexity index is 1340. The molecule has 4 rings (SSSR count). The Balaban J connectivity index is 1.55. The van der Waals surface area contributed by atoms with Crippen LogP contribution in [0.15, 0.2) is 90.0 Å². The number of amides is 1. The van der Waals surface area contributed by atoms with Crippen LogP contribution in [0.1, 0.15) is 10.4 Å². The number of anilines is 2. The molecule has 0 atom stereocenters. The van der Waals surface area contributed by atoms with Gasteiger partial charge < -0.3 is 5.32 Å². The van der Waals surface area contributed by atoms with E-state index in [4.69, 9.17) is 0 Å². The van der Waals surface area contributed by atoms with Gasteiger partial charge in [-0.3, -0.25) is 14.5 Å². The Morgan fingerprint density at radius 3 is 2.43 bits per heavy atom. The molecule has 0 radical (unpaired) electrons. The summed E-state index contributed by atoms with van der Waals surface area (Å²) in [5, 5.41) is 3.63. The van der Waals surface area contributed by atoms with E-state index in [1.807, 2.05) is 6.07 Å². The highest BCUT2D eigenvalue weighted by molar-refractivity contribution is 7.92. The molecule has 0 bridgehead atoms. The molecule has 0 saturated carbocycles. The van der Waals surface area contributed by atoms with Crippen LogP contribution in [0.3, 0.4) is 0 Å². The summed E-state index contributed by atoms with van der Waals surface area (Å²) < 4.78 is 40.6. The number of nitrogens with one attached hydrogen (secondary N) is 2. The second-order valence-corrected chi connectivity index (χ2v) is 8.19. The van der Waals surface area contributed by atoms with Crippen molar-refractivity contribution in [3.63, 3.8) is 0 Å². The van der Waals surface area contributed by atoms with Crippen molar-refractivity contribution in [3.8, 4) is 0 Å². The number of carbonyl (C=O) groups excluding carboxylic acids is 1. The molecule has 150 valence electrons. The number of aromatic nitrogens is 1. The summed E-state index contributed by atoms with van der Waals surface area (Å²) in [6, 6.07) is 19.6. The summed E-state index contributed by atoms with van der Waals surface area (Å²) in [5.41, 5.74) is 1.77. The van der Waals surface area contributed by atoms with Gasteiger partial charge in [-0.1, -0.05) is 12.1 Å². The highest BCUT2D eigenvalue weighted by Gasteiger charge is 2.17. The van der Waals surface area contributed by atoms with Gasteiger partial charge in [0.05, 0.1) is 10.4 Å². The van der Waals surface area contributed by atoms with Crippen LogP contribution in [0.5, 0.6) is 0 Å². The average Bonchev–Trinajstić information content (AvgIpc) is 2.75. The van der Waals surface area contributed by atoms with Gasteiger partial charge in [0.2, 0.25) is 0 Å². The number of nitrogens with zero attached hydrogens (tertiary/aromatic N) is 1. The van der Waals surface area contributed by atoms with E-state index in [1.54, 1.807) is 30.5 Å². The first-order chi connectivity index (χ1) is 14.4. The van der Waals surface area contributed by atoms with E-state index < -0.39 is 21.7 Å². The Morgan fingerprint density at radius 2 is 1.63 bits per heavy atom. The molecule has 0 aliphatic heterocycles. The molecule has 0 fully saturated rings. The van der Waals surface area contributed by atoms with Gasteiger partial charge in [-0.05, 0) is 66.7 Å². The topological polar surface area (TPSA) is 88.2 Å². The van der Waals surface area contributed by atoms with Crippen molar-refractivity contribution in [2.45, 2.75) is 4.90 Å². The van der Waals surface area contributed by atoms with E-state index in [0.29, 0.717) is 5.69 Å². The molecule has 4 aromatic rings. The summed E-state index contributed by atoms with van der Waals surface area (Å²) in [6.45, 7) is 0. The summed E-state index contributed by atoms with van der Waals surface area (Å²) >= 11 is 0. The van der Waals surface area contributed by atoms with Crippen molar-refractivity contribution in [2.75, 3.05) is 10.0 Å². The number of fused-ring (bicyclic) bond motifs is 1. The zero-order valence-corrected chi connectivity index (χ0v) is 16.4. The smallest absolute Gasteiger partial charge is 0.261 e. The fraction of sp³-hybridized carbons (Fsp3) is 0. The van der Waals surface area contributed by atoms with Crippen LogP contribution in [-0.4, -0.2) is 19.3 Å². The number of rotatable bonds is 5. The molecule has 3 aromatic carbocycles.